The van der Waals surface area contributed by atoms with E-state index in [1.165, 1.54) is 6.26 Å². The van der Waals surface area contributed by atoms with Crippen LogP contribution in [0, 0.1) is 0 Å². The van der Waals surface area contributed by atoms with E-state index in [2.05, 4.69) is 4.40 Å². The first kappa shape index (κ1) is 15.3. The highest BCUT2D eigenvalue weighted by Gasteiger charge is 2.28. The summed E-state index contributed by atoms with van der Waals surface area (Å²) in [6, 6.07) is 4.03. The molecule has 1 fully saturated rings. The second kappa shape index (κ2) is 5.55. The number of anilines is 1. The maximum Gasteiger partial charge on any atom is 0.211 e. The molecule has 3 heterocycles. The van der Waals surface area contributed by atoms with E-state index >= 15 is 0 Å². The van der Waals surface area contributed by atoms with E-state index in [0.29, 0.717) is 13.1 Å². The number of nitrogens with zero attached hydrogens (tertiary/aromatic N) is 4. The maximum atomic E-state index is 11.8. The highest BCUT2D eigenvalue weighted by Crippen LogP contribution is 2.29. The monoisotopic (exact) mass is 322 g/mol. The zero-order chi connectivity index (χ0) is 15.9. The largest absolute Gasteiger partial charge is 0.361 e. The van der Waals surface area contributed by atoms with Crippen LogP contribution in [0.25, 0.3) is 5.52 Å². The molecule has 0 aliphatic carbocycles. The van der Waals surface area contributed by atoms with Crippen LogP contribution in [0.1, 0.15) is 24.5 Å². The SMILES string of the molecule is CN(C)c1nc([C@@H]2CCCN(S(C)(=O)=O)C2)cn2cccc12. The minimum Gasteiger partial charge on any atom is -0.361 e. The summed E-state index contributed by atoms with van der Waals surface area (Å²) in [7, 11) is 0.813. The summed E-state index contributed by atoms with van der Waals surface area (Å²) >= 11 is 0. The molecule has 0 amide bonds. The molecule has 0 saturated carbocycles. The first-order chi connectivity index (χ1) is 10.4. The second-order valence-corrected chi connectivity index (χ2v) is 8.13. The second-order valence-electron chi connectivity index (χ2n) is 6.14. The van der Waals surface area contributed by atoms with E-state index in [-0.39, 0.29) is 5.92 Å². The van der Waals surface area contributed by atoms with Crippen LogP contribution >= 0.6 is 0 Å². The number of hydrogen-bond acceptors (Lipinski definition) is 4. The van der Waals surface area contributed by atoms with Crippen molar-refractivity contribution in [1.82, 2.24) is 13.7 Å². The minimum absolute atomic E-state index is 0.147. The van der Waals surface area contributed by atoms with Crippen LogP contribution in [0.3, 0.4) is 0 Å². The molecular formula is C15H22N4O2S. The highest BCUT2D eigenvalue weighted by molar-refractivity contribution is 7.88. The van der Waals surface area contributed by atoms with Gasteiger partial charge >= 0.3 is 0 Å². The number of aromatic nitrogens is 2. The van der Waals surface area contributed by atoms with Gasteiger partial charge in [0, 0.05) is 45.5 Å². The summed E-state index contributed by atoms with van der Waals surface area (Å²) in [5.74, 6) is 1.06. The van der Waals surface area contributed by atoms with Crippen LogP contribution in [0.5, 0.6) is 0 Å². The van der Waals surface area contributed by atoms with Crippen molar-refractivity contribution < 1.29 is 8.42 Å². The number of piperidine rings is 1. The molecular weight excluding hydrogens is 300 g/mol. The van der Waals surface area contributed by atoms with E-state index < -0.39 is 10.0 Å². The number of hydrogen-bond donors (Lipinski definition) is 0. The third-order valence-electron chi connectivity index (χ3n) is 4.21. The fourth-order valence-corrected chi connectivity index (χ4v) is 3.97. The lowest BCUT2D eigenvalue weighted by molar-refractivity contribution is 0.314. The van der Waals surface area contributed by atoms with Crippen molar-refractivity contribution in [3.05, 3.63) is 30.2 Å². The fourth-order valence-electron chi connectivity index (χ4n) is 3.06. The number of fused-ring (bicyclic) bond motifs is 1. The summed E-state index contributed by atoms with van der Waals surface area (Å²) in [6.07, 6.45) is 7.16. The Morgan fingerprint density at radius 1 is 1.36 bits per heavy atom. The Bertz CT molecular complexity index is 782. The van der Waals surface area contributed by atoms with Crippen molar-refractivity contribution >= 4 is 21.4 Å². The fraction of sp³-hybridized carbons (Fsp3) is 0.533. The third kappa shape index (κ3) is 2.83. The van der Waals surface area contributed by atoms with Crippen LogP contribution in [0.15, 0.2) is 24.5 Å². The molecule has 0 spiro atoms. The molecule has 3 rings (SSSR count). The average Bonchev–Trinajstić information content (AvgIpc) is 2.93. The lowest BCUT2D eigenvalue weighted by Gasteiger charge is -2.31. The van der Waals surface area contributed by atoms with E-state index in [4.69, 9.17) is 4.98 Å². The molecule has 1 aliphatic heterocycles. The molecule has 120 valence electrons. The maximum absolute atomic E-state index is 11.8. The van der Waals surface area contributed by atoms with Crippen LogP contribution in [0.4, 0.5) is 5.82 Å². The van der Waals surface area contributed by atoms with Gasteiger partial charge in [-0.2, -0.15) is 0 Å². The standard InChI is InChI=1S/C15H22N4O2S/c1-17(2)15-14-7-5-8-18(14)11-13(16-15)12-6-4-9-19(10-12)22(3,20)21/h5,7-8,11-12H,4,6,9-10H2,1-3H3/t12-/m1/s1. The molecule has 0 bridgehead atoms. The van der Waals surface area contributed by atoms with Crippen LogP contribution < -0.4 is 4.90 Å². The molecule has 0 N–H and O–H groups in total. The average molecular weight is 322 g/mol. The van der Waals surface area contributed by atoms with Gasteiger partial charge in [-0.05, 0) is 25.0 Å². The normalized spacial score (nSPS) is 20.4. The van der Waals surface area contributed by atoms with E-state index in [9.17, 15) is 8.42 Å². The van der Waals surface area contributed by atoms with Gasteiger partial charge in [-0.1, -0.05) is 0 Å². The molecule has 1 saturated heterocycles. The molecule has 1 aliphatic rings. The lowest BCUT2D eigenvalue weighted by Crippen LogP contribution is -2.38. The Hall–Kier alpha value is -1.60. The topological polar surface area (TPSA) is 57.9 Å². The zero-order valence-electron chi connectivity index (χ0n) is 13.2. The summed E-state index contributed by atoms with van der Waals surface area (Å²) in [6.45, 7) is 1.13. The predicted molar refractivity (Wildman–Crippen MR) is 87.9 cm³/mol. The first-order valence-electron chi connectivity index (χ1n) is 7.46. The highest BCUT2D eigenvalue weighted by atomic mass is 32.2. The summed E-state index contributed by atoms with van der Waals surface area (Å²) in [4.78, 5) is 6.79. The van der Waals surface area contributed by atoms with Gasteiger partial charge in [0.05, 0.1) is 17.5 Å². The third-order valence-corrected chi connectivity index (χ3v) is 5.48. The van der Waals surface area contributed by atoms with Crippen LogP contribution in [-0.2, 0) is 10.0 Å². The van der Waals surface area contributed by atoms with Gasteiger partial charge in [0.15, 0.2) is 5.82 Å². The molecule has 22 heavy (non-hydrogen) atoms. The molecule has 7 heteroatoms. The Morgan fingerprint density at radius 2 is 2.14 bits per heavy atom. The summed E-state index contributed by atoms with van der Waals surface area (Å²) in [5, 5.41) is 0. The summed E-state index contributed by atoms with van der Waals surface area (Å²) in [5.41, 5.74) is 2.02. The Kier molecular flexibility index (Phi) is 3.86. The predicted octanol–water partition coefficient (Wildman–Crippen LogP) is 1.54. The molecule has 6 nitrogen and oxygen atoms in total. The molecule has 2 aromatic rings. The Balaban J connectivity index is 1.99. The van der Waals surface area contributed by atoms with Crippen molar-refractivity contribution in [1.29, 1.82) is 0 Å². The first-order valence-corrected chi connectivity index (χ1v) is 9.31. The van der Waals surface area contributed by atoms with Gasteiger partial charge in [0.1, 0.15) is 0 Å². The Morgan fingerprint density at radius 3 is 2.82 bits per heavy atom. The number of sulfonamides is 1. The van der Waals surface area contributed by atoms with Crippen LogP contribution in [0.2, 0.25) is 0 Å². The number of rotatable bonds is 3. The van der Waals surface area contributed by atoms with Gasteiger partial charge in [0.25, 0.3) is 0 Å². The van der Waals surface area contributed by atoms with Gasteiger partial charge in [-0.3, -0.25) is 0 Å². The quantitative estimate of drug-likeness (QED) is 0.860. The van der Waals surface area contributed by atoms with E-state index in [1.54, 1.807) is 4.31 Å². The van der Waals surface area contributed by atoms with Gasteiger partial charge in [0.2, 0.25) is 10.0 Å². The minimum atomic E-state index is -3.14. The van der Waals surface area contributed by atoms with Gasteiger partial charge in [-0.25, -0.2) is 17.7 Å². The van der Waals surface area contributed by atoms with Crippen LogP contribution in [-0.4, -0.2) is 55.5 Å². The molecule has 0 unspecified atom stereocenters. The zero-order valence-corrected chi connectivity index (χ0v) is 14.0. The summed E-state index contributed by atoms with van der Waals surface area (Å²) < 4.78 is 27.2. The van der Waals surface area contributed by atoms with Crippen molar-refractivity contribution in [2.75, 3.05) is 38.3 Å². The van der Waals surface area contributed by atoms with Gasteiger partial charge < -0.3 is 9.30 Å². The van der Waals surface area contributed by atoms with Crippen molar-refractivity contribution in [2.45, 2.75) is 18.8 Å². The molecule has 2 aromatic heterocycles. The lowest BCUT2D eigenvalue weighted by atomic mass is 9.96. The van der Waals surface area contributed by atoms with E-state index in [1.807, 2.05) is 43.5 Å². The van der Waals surface area contributed by atoms with E-state index in [0.717, 1.165) is 29.9 Å². The van der Waals surface area contributed by atoms with Crippen molar-refractivity contribution in [3.63, 3.8) is 0 Å². The molecule has 0 radical (unpaired) electrons. The smallest absolute Gasteiger partial charge is 0.211 e. The van der Waals surface area contributed by atoms with Crippen molar-refractivity contribution in [2.24, 2.45) is 0 Å². The molecule has 1 atom stereocenters. The van der Waals surface area contributed by atoms with Crippen molar-refractivity contribution in [3.8, 4) is 0 Å². The Labute approximate surface area is 131 Å². The molecule has 0 aromatic carbocycles. The van der Waals surface area contributed by atoms with Gasteiger partial charge in [-0.15, -0.1) is 0 Å².